The van der Waals surface area contributed by atoms with E-state index >= 15 is 0 Å². The smallest absolute Gasteiger partial charge is 0.0115 e. The summed E-state index contributed by atoms with van der Waals surface area (Å²) < 4.78 is 0. The van der Waals surface area contributed by atoms with Gasteiger partial charge in [-0.3, -0.25) is 0 Å². The average Bonchev–Trinajstić information content (AvgIpc) is 2.10. The Hall–Kier alpha value is -0.260. The Balaban J connectivity index is 2.56. The SMILES string of the molecule is CC(C)=CC1(C)CC1C. The van der Waals surface area contributed by atoms with Crippen LogP contribution >= 0.6 is 0 Å². The molecule has 0 bridgehead atoms. The van der Waals surface area contributed by atoms with E-state index in [0.717, 1.165) is 5.92 Å². The van der Waals surface area contributed by atoms with Crippen molar-refractivity contribution < 1.29 is 0 Å². The van der Waals surface area contributed by atoms with Gasteiger partial charge in [0, 0.05) is 0 Å². The topological polar surface area (TPSA) is 0 Å². The van der Waals surface area contributed by atoms with Crippen LogP contribution < -0.4 is 0 Å². The molecule has 0 aliphatic heterocycles. The first kappa shape index (κ1) is 6.85. The Morgan fingerprint density at radius 1 is 1.56 bits per heavy atom. The van der Waals surface area contributed by atoms with Crippen molar-refractivity contribution in [2.24, 2.45) is 11.3 Å². The van der Waals surface area contributed by atoms with Crippen molar-refractivity contribution in [3.05, 3.63) is 11.6 Å². The van der Waals surface area contributed by atoms with E-state index in [4.69, 9.17) is 0 Å². The first-order valence-electron chi connectivity index (χ1n) is 3.71. The van der Waals surface area contributed by atoms with Crippen molar-refractivity contribution in [1.29, 1.82) is 0 Å². The second kappa shape index (κ2) is 1.86. The highest BCUT2D eigenvalue weighted by atomic mass is 14.5. The lowest BCUT2D eigenvalue weighted by Crippen LogP contribution is -1.89. The maximum Gasteiger partial charge on any atom is -0.0115 e. The molecule has 0 aromatic rings. The van der Waals surface area contributed by atoms with E-state index in [1.165, 1.54) is 12.0 Å². The first-order chi connectivity index (χ1) is 4.04. The molecule has 0 aromatic carbocycles. The molecule has 0 spiro atoms. The fourth-order valence-electron chi connectivity index (χ4n) is 1.46. The molecule has 0 N–H and O–H groups in total. The summed E-state index contributed by atoms with van der Waals surface area (Å²) in [6.45, 7) is 9.01. The molecule has 0 heterocycles. The monoisotopic (exact) mass is 124 g/mol. The molecule has 0 nitrogen and oxygen atoms in total. The summed E-state index contributed by atoms with van der Waals surface area (Å²) in [7, 11) is 0. The fraction of sp³-hybridized carbons (Fsp3) is 0.778. The third kappa shape index (κ3) is 1.35. The van der Waals surface area contributed by atoms with Gasteiger partial charge in [0.2, 0.25) is 0 Å². The highest BCUT2D eigenvalue weighted by Crippen LogP contribution is 2.53. The van der Waals surface area contributed by atoms with Gasteiger partial charge in [-0.2, -0.15) is 0 Å². The summed E-state index contributed by atoms with van der Waals surface area (Å²) in [6, 6.07) is 0. The van der Waals surface area contributed by atoms with E-state index in [2.05, 4.69) is 33.8 Å². The van der Waals surface area contributed by atoms with Crippen LogP contribution in [-0.2, 0) is 0 Å². The van der Waals surface area contributed by atoms with Gasteiger partial charge in [0.05, 0.1) is 0 Å². The molecule has 1 saturated carbocycles. The number of allylic oxidation sites excluding steroid dienone is 2. The third-order valence-electron chi connectivity index (χ3n) is 2.33. The molecule has 2 atom stereocenters. The van der Waals surface area contributed by atoms with Crippen LogP contribution in [0.1, 0.15) is 34.1 Å². The largest absolute Gasteiger partial charge is 0.0799 e. The van der Waals surface area contributed by atoms with Gasteiger partial charge < -0.3 is 0 Å². The molecule has 0 saturated heterocycles. The quantitative estimate of drug-likeness (QED) is 0.471. The lowest BCUT2D eigenvalue weighted by Gasteiger charge is -2.01. The molecule has 1 aliphatic rings. The summed E-state index contributed by atoms with van der Waals surface area (Å²) in [4.78, 5) is 0. The molecule has 1 fully saturated rings. The Morgan fingerprint density at radius 2 is 2.00 bits per heavy atom. The highest BCUT2D eigenvalue weighted by Gasteiger charge is 2.43. The molecule has 0 heteroatoms. The predicted octanol–water partition coefficient (Wildman–Crippen LogP) is 3.00. The van der Waals surface area contributed by atoms with E-state index in [-0.39, 0.29) is 0 Å². The highest BCUT2D eigenvalue weighted by molar-refractivity contribution is 5.14. The summed E-state index contributed by atoms with van der Waals surface area (Å²) in [5.74, 6) is 0.924. The van der Waals surface area contributed by atoms with Crippen molar-refractivity contribution in [2.45, 2.75) is 34.1 Å². The van der Waals surface area contributed by atoms with Crippen LogP contribution in [0, 0.1) is 11.3 Å². The van der Waals surface area contributed by atoms with Gasteiger partial charge in [-0.05, 0) is 31.6 Å². The Morgan fingerprint density at radius 3 is 2.11 bits per heavy atom. The summed E-state index contributed by atoms with van der Waals surface area (Å²) >= 11 is 0. The van der Waals surface area contributed by atoms with E-state index in [9.17, 15) is 0 Å². The molecule has 9 heavy (non-hydrogen) atoms. The zero-order chi connectivity index (χ0) is 7.07. The Bertz CT molecular complexity index is 140. The molecule has 0 amide bonds. The molecule has 2 unspecified atom stereocenters. The van der Waals surface area contributed by atoms with Crippen molar-refractivity contribution in [2.75, 3.05) is 0 Å². The van der Waals surface area contributed by atoms with Gasteiger partial charge in [0.1, 0.15) is 0 Å². The minimum atomic E-state index is 0.568. The van der Waals surface area contributed by atoms with Gasteiger partial charge in [0.15, 0.2) is 0 Å². The van der Waals surface area contributed by atoms with Crippen molar-refractivity contribution in [1.82, 2.24) is 0 Å². The second-order valence-electron chi connectivity index (χ2n) is 3.83. The summed E-state index contributed by atoms with van der Waals surface area (Å²) in [6.07, 6.45) is 3.79. The summed E-state index contributed by atoms with van der Waals surface area (Å²) in [5, 5.41) is 0. The fourth-order valence-corrected chi connectivity index (χ4v) is 1.46. The zero-order valence-electron chi connectivity index (χ0n) is 6.86. The first-order valence-corrected chi connectivity index (χ1v) is 3.71. The lowest BCUT2D eigenvalue weighted by atomic mass is 10.0. The maximum atomic E-state index is 2.40. The van der Waals surface area contributed by atoms with Crippen LogP contribution in [0.5, 0.6) is 0 Å². The van der Waals surface area contributed by atoms with Crippen LogP contribution in [0.3, 0.4) is 0 Å². The normalized spacial score (nSPS) is 40.2. The van der Waals surface area contributed by atoms with Gasteiger partial charge in [-0.25, -0.2) is 0 Å². The molecule has 1 rings (SSSR count). The molecule has 0 radical (unpaired) electrons. The van der Waals surface area contributed by atoms with Crippen molar-refractivity contribution in [3.8, 4) is 0 Å². The minimum Gasteiger partial charge on any atom is -0.0799 e. The van der Waals surface area contributed by atoms with Crippen LogP contribution in [0.4, 0.5) is 0 Å². The molecular weight excluding hydrogens is 108 g/mol. The second-order valence-corrected chi connectivity index (χ2v) is 3.83. The minimum absolute atomic E-state index is 0.568. The van der Waals surface area contributed by atoms with E-state index < -0.39 is 0 Å². The lowest BCUT2D eigenvalue weighted by molar-refractivity contribution is 0.658. The van der Waals surface area contributed by atoms with E-state index in [1.54, 1.807) is 0 Å². The molecule has 52 valence electrons. The maximum absolute atomic E-state index is 2.40. The standard InChI is InChI=1S/C9H16/c1-7(2)5-9(4)6-8(9)3/h5,8H,6H2,1-4H3. The van der Waals surface area contributed by atoms with E-state index in [0.29, 0.717) is 5.41 Å². The predicted molar refractivity (Wildman–Crippen MR) is 41.3 cm³/mol. The third-order valence-corrected chi connectivity index (χ3v) is 2.33. The van der Waals surface area contributed by atoms with Gasteiger partial charge >= 0.3 is 0 Å². The van der Waals surface area contributed by atoms with Crippen molar-refractivity contribution >= 4 is 0 Å². The van der Waals surface area contributed by atoms with Gasteiger partial charge in [0.25, 0.3) is 0 Å². The number of rotatable bonds is 1. The van der Waals surface area contributed by atoms with Gasteiger partial charge in [-0.1, -0.05) is 25.5 Å². The summed E-state index contributed by atoms with van der Waals surface area (Å²) in [5.41, 5.74) is 2.03. The molecule has 0 aromatic heterocycles. The molecular formula is C9H16. The average molecular weight is 124 g/mol. The van der Waals surface area contributed by atoms with Crippen LogP contribution in [-0.4, -0.2) is 0 Å². The van der Waals surface area contributed by atoms with Gasteiger partial charge in [-0.15, -0.1) is 0 Å². The number of hydrogen-bond acceptors (Lipinski definition) is 0. The van der Waals surface area contributed by atoms with Crippen molar-refractivity contribution in [3.63, 3.8) is 0 Å². The van der Waals surface area contributed by atoms with Crippen LogP contribution in [0.15, 0.2) is 11.6 Å². The zero-order valence-corrected chi connectivity index (χ0v) is 6.86. The molecule has 1 aliphatic carbocycles. The van der Waals surface area contributed by atoms with E-state index in [1.807, 2.05) is 0 Å². The Labute approximate surface area is 58.0 Å². The Kier molecular flexibility index (Phi) is 1.42. The van der Waals surface area contributed by atoms with Crippen LogP contribution in [0.25, 0.3) is 0 Å². The van der Waals surface area contributed by atoms with Crippen LogP contribution in [0.2, 0.25) is 0 Å². The number of hydrogen-bond donors (Lipinski definition) is 0.